The zero-order valence-electron chi connectivity index (χ0n) is 17.1. The number of carbonyl (C=O) groups is 1. The summed E-state index contributed by atoms with van der Waals surface area (Å²) < 4.78 is 2.04. The molecule has 2 aromatic carbocycles. The van der Waals surface area contributed by atoms with Gasteiger partial charge in [0.2, 0.25) is 5.91 Å². The molecule has 0 aliphatic carbocycles. The number of benzene rings is 2. The van der Waals surface area contributed by atoms with Gasteiger partial charge in [0, 0.05) is 49.7 Å². The van der Waals surface area contributed by atoms with Crippen LogP contribution in [-0.4, -0.2) is 57.5 Å². The first-order chi connectivity index (χ1) is 14.7. The number of nitrogens with two attached hydrogens (primary N) is 1. The fraction of sp³-hybridized carbons (Fsp3) is 0.318. The highest BCUT2D eigenvalue weighted by Gasteiger charge is 2.22. The molecule has 0 unspecified atom stereocenters. The van der Waals surface area contributed by atoms with Gasteiger partial charge in [-0.15, -0.1) is 10.2 Å². The van der Waals surface area contributed by atoms with E-state index >= 15 is 0 Å². The van der Waals surface area contributed by atoms with Crippen molar-refractivity contribution in [1.29, 1.82) is 0 Å². The predicted octanol–water partition coefficient (Wildman–Crippen LogP) is 2.99. The van der Waals surface area contributed by atoms with Crippen molar-refractivity contribution in [3.8, 4) is 11.4 Å². The summed E-state index contributed by atoms with van der Waals surface area (Å²) in [6.07, 6.45) is 0. The van der Waals surface area contributed by atoms with Crippen LogP contribution in [0.3, 0.4) is 0 Å². The monoisotopic (exact) mass is 422 g/mol. The van der Waals surface area contributed by atoms with Crippen LogP contribution in [0, 0.1) is 0 Å². The van der Waals surface area contributed by atoms with E-state index < -0.39 is 0 Å². The van der Waals surface area contributed by atoms with Gasteiger partial charge in [0.25, 0.3) is 0 Å². The largest absolute Gasteiger partial charge is 0.399 e. The van der Waals surface area contributed by atoms with Crippen molar-refractivity contribution in [3.05, 3.63) is 54.6 Å². The van der Waals surface area contributed by atoms with Crippen molar-refractivity contribution in [3.63, 3.8) is 0 Å². The number of anilines is 2. The predicted molar refractivity (Wildman–Crippen MR) is 122 cm³/mol. The Morgan fingerprint density at radius 2 is 1.70 bits per heavy atom. The number of amides is 1. The third-order valence-corrected chi connectivity index (χ3v) is 6.23. The molecular weight excluding hydrogens is 396 g/mol. The highest BCUT2D eigenvalue weighted by atomic mass is 32.2. The van der Waals surface area contributed by atoms with E-state index in [1.807, 2.05) is 51.9 Å². The number of carbonyl (C=O) groups excluding carboxylic acids is 1. The summed E-state index contributed by atoms with van der Waals surface area (Å²) in [5, 5.41) is 9.43. The lowest BCUT2D eigenvalue weighted by molar-refractivity contribution is -0.128. The molecule has 0 bridgehead atoms. The minimum atomic E-state index is 0.146. The Bertz CT molecular complexity index is 981. The Morgan fingerprint density at radius 1 is 1.00 bits per heavy atom. The fourth-order valence-corrected chi connectivity index (χ4v) is 4.50. The molecular formula is C22H26N6OS. The lowest BCUT2D eigenvalue weighted by atomic mass is 10.2. The molecule has 0 radical (unpaired) electrons. The Labute approximate surface area is 180 Å². The van der Waals surface area contributed by atoms with Crippen LogP contribution in [0.25, 0.3) is 11.4 Å². The Balaban J connectivity index is 1.35. The summed E-state index contributed by atoms with van der Waals surface area (Å²) in [7, 11) is 0. The van der Waals surface area contributed by atoms with E-state index in [9.17, 15) is 4.79 Å². The van der Waals surface area contributed by atoms with Gasteiger partial charge in [-0.05, 0) is 43.3 Å². The van der Waals surface area contributed by atoms with Gasteiger partial charge in [-0.3, -0.25) is 4.79 Å². The van der Waals surface area contributed by atoms with Gasteiger partial charge in [0.1, 0.15) is 0 Å². The van der Waals surface area contributed by atoms with Gasteiger partial charge in [0.05, 0.1) is 5.75 Å². The van der Waals surface area contributed by atoms with Gasteiger partial charge in [-0.2, -0.15) is 0 Å². The van der Waals surface area contributed by atoms with Crippen LogP contribution in [0.15, 0.2) is 59.8 Å². The number of nitrogens with zero attached hydrogens (tertiary/aromatic N) is 5. The highest BCUT2D eigenvalue weighted by Crippen LogP contribution is 2.25. The van der Waals surface area contributed by atoms with Gasteiger partial charge in [-0.25, -0.2) is 0 Å². The van der Waals surface area contributed by atoms with E-state index in [1.165, 1.54) is 17.4 Å². The van der Waals surface area contributed by atoms with Gasteiger partial charge in [-0.1, -0.05) is 30.0 Å². The number of para-hydroxylation sites is 1. The van der Waals surface area contributed by atoms with E-state index in [0.717, 1.165) is 49.3 Å². The summed E-state index contributed by atoms with van der Waals surface area (Å²) in [6.45, 7) is 5.98. The second kappa shape index (κ2) is 9.21. The van der Waals surface area contributed by atoms with Gasteiger partial charge >= 0.3 is 0 Å². The molecule has 2 heterocycles. The highest BCUT2D eigenvalue weighted by molar-refractivity contribution is 7.99. The number of nitrogen functional groups attached to an aromatic ring is 1. The van der Waals surface area contributed by atoms with Crippen molar-refractivity contribution >= 4 is 29.0 Å². The van der Waals surface area contributed by atoms with Gasteiger partial charge < -0.3 is 20.1 Å². The Hall–Kier alpha value is -3.00. The van der Waals surface area contributed by atoms with Crippen LogP contribution >= 0.6 is 11.8 Å². The first kappa shape index (κ1) is 20.3. The summed E-state index contributed by atoms with van der Waals surface area (Å²) in [4.78, 5) is 17.0. The fourth-order valence-electron chi connectivity index (χ4n) is 3.60. The maximum atomic E-state index is 12.7. The molecule has 1 aliphatic heterocycles. The summed E-state index contributed by atoms with van der Waals surface area (Å²) in [5.74, 6) is 1.31. The topological polar surface area (TPSA) is 80.3 Å². The second-order valence-electron chi connectivity index (χ2n) is 7.16. The minimum Gasteiger partial charge on any atom is -0.399 e. The molecule has 0 atom stereocenters. The molecule has 2 N–H and O–H groups in total. The summed E-state index contributed by atoms with van der Waals surface area (Å²) >= 11 is 1.45. The van der Waals surface area contributed by atoms with E-state index in [2.05, 4.69) is 34.2 Å². The number of hydrogen-bond donors (Lipinski definition) is 1. The van der Waals surface area contributed by atoms with Crippen LogP contribution in [0.5, 0.6) is 0 Å². The average Bonchev–Trinajstić information content (AvgIpc) is 3.21. The number of rotatable bonds is 6. The molecule has 0 spiro atoms. The second-order valence-corrected chi connectivity index (χ2v) is 8.11. The standard InChI is InChI=1S/C22H26N6OS/c1-2-28-21(17-8-10-18(23)11-9-17)24-25-22(28)30-16-20(29)27-14-12-26(13-15-27)19-6-4-3-5-7-19/h3-11H,2,12-16,23H2,1H3. The van der Waals surface area contributed by atoms with Crippen molar-refractivity contribution in [1.82, 2.24) is 19.7 Å². The minimum absolute atomic E-state index is 0.146. The SMILES string of the molecule is CCn1c(SCC(=O)N2CCN(c3ccccc3)CC2)nnc1-c1ccc(N)cc1. The van der Waals surface area contributed by atoms with E-state index in [0.29, 0.717) is 11.4 Å². The average molecular weight is 423 g/mol. The molecule has 156 valence electrons. The van der Waals surface area contributed by atoms with Crippen molar-refractivity contribution in [2.75, 3.05) is 42.6 Å². The molecule has 1 aromatic heterocycles. The van der Waals surface area contributed by atoms with Crippen LogP contribution in [0.1, 0.15) is 6.92 Å². The van der Waals surface area contributed by atoms with Crippen LogP contribution in [-0.2, 0) is 11.3 Å². The van der Waals surface area contributed by atoms with Crippen LogP contribution < -0.4 is 10.6 Å². The molecule has 7 nitrogen and oxygen atoms in total. The summed E-state index contributed by atoms with van der Waals surface area (Å²) in [6, 6.07) is 17.9. The van der Waals surface area contributed by atoms with E-state index in [4.69, 9.17) is 5.73 Å². The van der Waals surface area contributed by atoms with Crippen molar-refractivity contribution < 1.29 is 4.79 Å². The Morgan fingerprint density at radius 3 is 2.37 bits per heavy atom. The van der Waals surface area contributed by atoms with Crippen LogP contribution in [0.2, 0.25) is 0 Å². The van der Waals surface area contributed by atoms with Crippen LogP contribution in [0.4, 0.5) is 11.4 Å². The quantitative estimate of drug-likeness (QED) is 0.486. The lowest BCUT2D eigenvalue weighted by Gasteiger charge is -2.36. The summed E-state index contributed by atoms with van der Waals surface area (Å²) in [5.41, 5.74) is 8.68. The molecule has 30 heavy (non-hydrogen) atoms. The number of thioether (sulfide) groups is 1. The molecule has 1 saturated heterocycles. The normalized spacial score (nSPS) is 14.2. The zero-order chi connectivity index (χ0) is 20.9. The number of hydrogen-bond acceptors (Lipinski definition) is 6. The number of aromatic nitrogens is 3. The van der Waals surface area contributed by atoms with E-state index in [-0.39, 0.29) is 5.91 Å². The maximum Gasteiger partial charge on any atom is 0.233 e. The molecule has 3 aromatic rings. The first-order valence-electron chi connectivity index (χ1n) is 10.2. The number of piperazine rings is 1. The van der Waals surface area contributed by atoms with Crippen molar-refractivity contribution in [2.24, 2.45) is 0 Å². The van der Waals surface area contributed by atoms with E-state index in [1.54, 1.807) is 0 Å². The molecule has 1 amide bonds. The third-order valence-electron chi connectivity index (χ3n) is 5.28. The Kier molecular flexibility index (Phi) is 6.23. The third kappa shape index (κ3) is 4.43. The molecule has 1 aliphatic rings. The maximum absolute atomic E-state index is 12.7. The molecule has 0 saturated carbocycles. The smallest absolute Gasteiger partial charge is 0.233 e. The van der Waals surface area contributed by atoms with Crippen molar-refractivity contribution in [2.45, 2.75) is 18.6 Å². The lowest BCUT2D eigenvalue weighted by Crippen LogP contribution is -2.49. The molecule has 4 rings (SSSR count). The zero-order valence-corrected chi connectivity index (χ0v) is 17.9. The van der Waals surface area contributed by atoms with Gasteiger partial charge in [0.15, 0.2) is 11.0 Å². The first-order valence-corrected chi connectivity index (χ1v) is 11.1. The molecule has 1 fully saturated rings. The molecule has 8 heteroatoms.